The molecule has 3 rings (SSSR count). The lowest BCUT2D eigenvalue weighted by Crippen LogP contribution is -3.19. The van der Waals surface area contributed by atoms with E-state index in [2.05, 4.69) is 20.2 Å². The molecule has 8 heteroatoms. The molecule has 2 amide bonds. The monoisotopic (exact) mass is 355 g/mol. The molecule has 1 aromatic heterocycles. The molecule has 0 saturated carbocycles. The van der Waals surface area contributed by atoms with Gasteiger partial charge in [0, 0.05) is 23.6 Å². The van der Waals surface area contributed by atoms with E-state index in [1.165, 1.54) is 4.90 Å². The molecule has 0 aliphatic carbocycles. The zero-order valence-corrected chi connectivity index (χ0v) is 14.7. The van der Waals surface area contributed by atoms with E-state index in [1.807, 2.05) is 6.92 Å². The van der Waals surface area contributed by atoms with E-state index >= 15 is 0 Å². The number of rotatable bonds is 5. The lowest BCUT2D eigenvalue weighted by Gasteiger charge is -2.34. The minimum absolute atomic E-state index is 0.0452. The van der Waals surface area contributed by atoms with Crippen molar-refractivity contribution in [3.63, 3.8) is 0 Å². The molecule has 1 saturated heterocycles. The summed E-state index contributed by atoms with van der Waals surface area (Å²) < 4.78 is 0. The Morgan fingerprint density at radius 3 is 2.35 bits per heavy atom. The summed E-state index contributed by atoms with van der Waals surface area (Å²) >= 11 is 0. The van der Waals surface area contributed by atoms with Gasteiger partial charge in [-0.3, -0.25) is 9.59 Å². The average Bonchev–Trinajstić information content (AvgIpc) is 2.68. The molecule has 1 aliphatic rings. The summed E-state index contributed by atoms with van der Waals surface area (Å²) in [7, 11) is 0. The third-order valence-corrected chi connectivity index (χ3v) is 4.68. The van der Waals surface area contributed by atoms with Gasteiger partial charge in [0.2, 0.25) is 11.9 Å². The Balaban J connectivity index is 1.53. The highest BCUT2D eigenvalue weighted by atomic mass is 16.2. The van der Waals surface area contributed by atoms with Crippen LogP contribution in [0.25, 0.3) is 0 Å². The number of nitrogens with zero attached hydrogens (tertiary/aromatic N) is 3. The SMILES string of the molecule is C[C@H](C(=O)Nc1ccc(C(N)=O)cc1)[NH+]1CCN(c2ncccn2)CC1. The summed E-state index contributed by atoms with van der Waals surface area (Å²) in [6.07, 6.45) is 3.47. The molecule has 0 bridgehead atoms. The molecule has 0 radical (unpaired) electrons. The van der Waals surface area contributed by atoms with Crippen molar-refractivity contribution in [3.8, 4) is 0 Å². The second-order valence-electron chi connectivity index (χ2n) is 6.35. The maximum atomic E-state index is 12.5. The number of nitrogens with one attached hydrogen (secondary N) is 2. The van der Waals surface area contributed by atoms with Crippen LogP contribution in [0, 0.1) is 0 Å². The Labute approximate surface area is 152 Å². The normalized spacial score (nSPS) is 16.1. The van der Waals surface area contributed by atoms with Crippen LogP contribution in [-0.4, -0.2) is 54.0 Å². The van der Waals surface area contributed by atoms with Crippen LogP contribution in [0.4, 0.5) is 11.6 Å². The molecule has 1 aromatic carbocycles. The first-order valence-electron chi connectivity index (χ1n) is 8.62. The first kappa shape index (κ1) is 17.8. The van der Waals surface area contributed by atoms with Crippen LogP contribution in [0.3, 0.4) is 0 Å². The zero-order chi connectivity index (χ0) is 18.5. The van der Waals surface area contributed by atoms with Crippen LogP contribution in [-0.2, 0) is 4.79 Å². The highest BCUT2D eigenvalue weighted by molar-refractivity contribution is 5.95. The maximum Gasteiger partial charge on any atom is 0.282 e. The fourth-order valence-electron chi connectivity index (χ4n) is 3.04. The highest BCUT2D eigenvalue weighted by Gasteiger charge is 2.29. The van der Waals surface area contributed by atoms with Crippen molar-refractivity contribution in [1.29, 1.82) is 0 Å². The van der Waals surface area contributed by atoms with E-state index in [-0.39, 0.29) is 11.9 Å². The molecule has 4 N–H and O–H groups in total. The summed E-state index contributed by atoms with van der Waals surface area (Å²) in [6, 6.07) is 8.20. The largest absolute Gasteiger partial charge is 0.366 e. The molecular formula is C18H23N6O2+. The van der Waals surface area contributed by atoms with Gasteiger partial charge in [-0.05, 0) is 37.3 Å². The molecule has 136 valence electrons. The van der Waals surface area contributed by atoms with Crippen molar-refractivity contribution in [1.82, 2.24) is 9.97 Å². The molecule has 1 aliphatic heterocycles. The van der Waals surface area contributed by atoms with Crippen LogP contribution < -0.4 is 20.9 Å². The predicted octanol–water partition coefficient (Wildman–Crippen LogP) is -0.692. The lowest BCUT2D eigenvalue weighted by molar-refractivity contribution is -0.914. The minimum atomic E-state index is -0.485. The standard InChI is InChI=1S/C18H22N6O2/c1-13(17(26)22-15-5-3-14(4-6-15)16(19)25)23-9-11-24(12-10-23)18-20-7-2-8-21-18/h2-8,13H,9-12H2,1H3,(H2,19,25)(H,22,26)/p+1/t13-/m1/s1. The summed E-state index contributed by atoms with van der Waals surface area (Å²) in [5.74, 6) is 0.204. The molecule has 8 nitrogen and oxygen atoms in total. The van der Waals surface area contributed by atoms with Gasteiger partial charge in [-0.15, -0.1) is 0 Å². The number of amides is 2. The zero-order valence-electron chi connectivity index (χ0n) is 14.7. The molecule has 0 unspecified atom stereocenters. The Morgan fingerprint density at radius 2 is 1.77 bits per heavy atom. The topological polar surface area (TPSA) is 106 Å². The molecule has 0 spiro atoms. The third-order valence-electron chi connectivity index (χ3n) is 4.68. The van der Waals surface area contributed by atoms with E-state index < -0.39 is 5.91 Å². The van der Waals surface area contributed by atoms with Crippen LogP contribution in [0.15, 0.2) is 42.7 Å². The van der Waals surface area contributed by atoms with Crippen LogP contribution in [0.5, 0.6) is 0 Å². The van der Waals surface area contributed by atoms with Crippen LogP contribution in [0.2, 0.25) is 0 Å². The first-order valence-corrected chi connectivity index (χ1v) is 8.62. The molecule has 1 atom stereocenters. The van der Waals surface area contributed by atoms with E-state index in [0.29, 0.717) is 11.3 Å². The fourth-order valence-corrected chi connectivity index (χ4v) is 3.04. The van der Waals surface area contributed by atoms with Crippen LogP contribution in [0.1, 0.15) is 17.3 Å². The number of aromatic nitrogens is 2. The van der Waals surface area contributed by atoms with Crippen molar-refractivity contribution in [3.05, 3.63) is 48.3 Å². The number of carbonyl (C=O) groups excluding carboxylic acids is 2. The van der Waals surface area contributed by atoms with Gasteiger partial charge in [0.15, 0.2) is 6.04 Å². The quantitative estimate of drug-likeness (QED) is 0.658. The van der Waals surface area contributed by atoms with Crippen molar-refractivity contribution >= 4 is 23.5 Å². The fraction of sp³-hybridized carbons (Fsp3) is 0.333. The van der Waals surface area contributed by atoms with Crippen molar-refractivity contribution in [2.24, 2.45) is 5.73 Å². The van der Waals surface area contributed by atoms with E-state index in [4.69, 9.17) is 5.73 Å². The summed E-state index contributed by atoms with van der Waals surface area (Å²) in [6.45, 7) is 5.23. The van der Waals surface area contributed by atoms with Gasteiger partial charge in [-0.25, -0.2) is 9.97 Å². The summed E-state index contributed by atoms with van der Waals surface area (Å²) in [5, 5.41) is 2.90. The highest BCUT2D eigenvalue weighted by Crippen LogP contribution is 2.09. The Hall–Kier alpha value is -3.00. The Bertz CT molecular complexity index is 757. The average molecular weight is 355 g/mol. The number of hydrogen-bond donors (Lipinski definition) is 3. The maximum absolute atomic E-state index is 12.5. The van der Waals surface area contributed by atoms with Gasteiger partial charge in [0.25, 0.3) is 5.91 Å². The number of piperazine rings is 1. The van der Waals surface area contributed by atoms with E-state index in [1.54, 1.807) is 42.7 Å². The Kier molecular flexibility index (Phi) is 5.43. The second kappa shape index (κ2) is 7.92. The summed E-state index contributed by atoms with van der Waals surface area (Å²) in [4.78, 5) is 35.5. The summed E-state index contributed by atoms with van der Waals surface area (Å²) in [5.41, 5.74) is 6.29. The molecule has 1 fully saturated rings. The lowest BCUT2D eigenvalue weighted by atomic mass is 10.2. The molecular weight excluding hydrogens is 332 g/mol. The van der Waals surface area contributed by atoms with Gasteiger partial charge in [0.1, 0.15) is 0 Å². The number of hydrogen-bond acceptors (Lipinski definition) is 5. The number of quaternary nitrogens is 1. The smallest absolute Gasteiger partial charge is 0.282 e. The number of carbonyl (C=O) groups is 2. The number of anilines is 2. The van der Waals surface area contributed by atoms with Gasteiger partial charge >= 0.3 is 0 Å². The van der Waals surface area contributed by atoms with E-state index in [9.17, 15) is 9.59 Å². The van der Waals surface area contributed by atoms with Gasteiger partial charge in [-0.1, -0.05) is 0 Å². The predicted molar refractivity (Wildman–Crippen MR) is 98.0 cm³/mol. The number of primary amides is 1. The van der Waals surface area contributed by atoms with Gasteiger partial charge in [-0.2, -0.15) is 0 Å². The van der Waals surface area contributed by atoms with E-state index in [0.717, 1.165) is 32.1 Å². The van der Waals surface area contributed by atoms with Crippen molar-refractivity contribution in [2.45, 2.75) is 13.0 Å². The van der Waals surface area contributed by atoms with Gasteiger partial charge < -0.3 is 20.9 Å². The molecule has 26 heavy (non-hydrogen) atoms. The second-order valence-corrected chi connectivity index (χ2v) is 6.35. The van der Waals surface area contributed by atoms with Crippen LogP contribution >= 0.6 is 0 Å². The molecule has 2 heterocycles. The van der Waals surface area contributed by atoms with Crippen molar-refractivity contribution < 1.29 is 14.5 Å². The van der Waals surface area contributed by atoms with Gasteiger partial charge in [0.05, 0.1) is 26.2 Å². The number of benzene rings is 1. The molecule has 2 aromatic rings. The minimum Gasteiger partial charge on any atom is -0.366 e. The first-order chi connectivity index (χ1) is 12.5. The third kappa shape index (κ3) is 4.15. The van der Waals surface area contributed by atoms with Crippen molar-refractivity contribution in [2.75, 3.05) is 36.4 Å². The number of nitrogens with two attached hydrogens (primary N) is 1. The Morgan fingerprint density at radius 1 is 1.15 bits per heavy atom.